The van der Waals surface area contributed by atoms with Crippen molar-refractivity contribution in [2.24, 2.45) is 5.73 Å². The molecule has 24 heavy (non-hydrogen) atoms. The monoisotopic (exact) mass is 347 g/mol. The van der Waals surface area contributed by atoms with Gasteiger partial charge in [-0.3, -0.25) is 19.7 Å². The highest BCUT2D eigenvalue weighted by molar-refractivity contribution is 6.30. The molecule has 0 aromatic heterocycles. The van der Waals surface area contributed by atoms with Gasteiger partial charge in [-0.15, -0.1) is 0 Å². The number of halogens is 1. The van der Waals surface area contributed by atoms with E-state index in [1.165, 1.54) is 18.2 Å². The third kappa shape index (κ3) is 4.53. The SMILES string of the molecule is NC(=O)[C@H](Cc1ccc(Cl)cc1)NC(=O)c1cccc([N+](=O)[O-])c1. The first-order valence-electron chi connectivity index (χ1n) is 6.96. The van der Waals surface area contributed by atoms with E-state index in [0.717, 1.165) is 11.6 Å². The van der Waals surface area contributed by atoms with Gasteiger partial charge < -0.3 is 11.1 Å². The number of benzene rings is 2. The van der Waals surface area contributed by atoms with Crippen LogP contribution in [0.5, 0.6) is 0 Å². The number of hydrogen-bond acceptors (Lipinski definition) is 4. The zero-order valence-corrected chi connectivity index (χ0v) is 13.2. The van der Waals surface area contributed by atoms with Crippen molar-refractivity contribution in [2.75, 3.05) is 0 Å². The number of amides is 2. The zero-order valence-electron chi connectivity index (χ0n) is 12.4. The lowest BCUT2D eigenvalue weighted by atomic mass is 10.0. The molecule has 124 valence electrons. The summed E-state index contributed by atoms with van der Waals surface area (Å²) in [5.41, 5.74) is 5.96. The van der Waals surface area contributed by atoms with Crippen molar-refractivity contribution in [1.29, 1.82) is 0 Å². The molecule has 1 atom stereocenters. The number of non-ortho nitro benzene ring substituents is 1. The number of nitrogens with zero attached hydrogens (tertiary/aromatic N) is 1. The second-order valence-corrected chi connectivity index (χ2v) is 5.50. The lowest BCUT2D eigenvalue weighted by molar-refractivity contribution is -0.384. The van der Waals surface area contributed by atoms with Gasteiger partial charge in [0.15, 0.2) is 0 Å². The minimum atomic E-state index is -0.946. The second kappa shape index (κ2) is 7.56. The molecule has 0 aliphatic carbocycles. The van der Waals surface area contributed by atoms with Crippen molar-refractivity contribution in [3.05, 3.63) is 74.8 Å². The van der Waals surface area contributed by atoms with Crippen LogP contribution in [-0.4, -0.2) is 22.8 Å². The van der Waals surface area contributed by atoms with Crippen LogP contribution in [0.15, 0.2) is 48.5 Å². The topological polar surface area (TPSA) is 115 Å². The highest BCUT2D eigenvalue weighted by Gasteiger charge is 2.20. The smallest absolute Gasteiger partial charge is 0.270 e. The Morgan fingerprint density at radius 3 is 2.46 bits per heavy atom. The lowest BCUT2D eigenvalue weighted by Gasteiger charge is -2.15. The van der Waals surface area contributed by atoms with Crippen molar-refractivity contribution < 1.29 is 14.5 Å². The van der Waals surface area contributed by atoms with Gasteiger partial charge in [0.1, 0.15) is 6.04 Å². The number of nitro groups is 1. The van der Waals surface area contributed by atoms with Crippen molar-refractivity contribution in [1.82, 2.24) is 5.32 Å². The Kier molecular flexibility index (Phi) is 5.49. The molecule has 3 N–H and O–H groups in total. The van der Waals surface area contributed by atoms with E-state index in [1.54, 1.807) is 24.3 Å². The molecular formula is C16H14ClN3O4. The van der Waals surface area contributed by atoms with E-state index < -0.39 is 22.8 Å². The van der Waals surface area contributed by atoms with E-state index >= 15 is 0 Å². The number of nitrogens with two attached hydrogens (primary N) is 1. The minimum absolute atomic E-state index is 0.0755. The summed E-state index contributed by atoms with van der Waals surface area (Å²) in [6.07, 6.45) is 0.188. The summed E-state index contributed by atoms with van der Waals surface area (Å²) in [5.74, 6) is -1.32. The van der Waals surface area contributed by atoms with Crippen LogP contribution in [0.25, 0.3) is 0 Å². The predicted octanol–water partition coefficient (Wildman–Crippen LogP) is 2.07. The van der Waals surface area contributed by atoms with Gasteiger partial charge in [0.25, 0.3) is 11.6 Å². The molecule has 7 nitrogen and oxygen atoms in total. The average molecular weight is 348 g/mol. The summed E-state index contributed by atoms with van der Waals surface area (Å²) in [6, 6.07) is 11.0. The summed E-state index contributed by atoms with van der Waals surface area (Å²) in [5, 5.41) is 13.8. The molecule has 0 saturated heterocycles. The van der Waals surface area contributed by atoms with E-state index in [1.807, 2.05) is 0 Å². The molecule has 0 fully saturated rings. The normalized spacial score (nSPS) is 11.5. The van der Waals surface area contributed by atoms with Gasteiger partial charge >= 0.3 is 0 Å². The molecular weight excluding hydrogens is 334 g/mol. The Labute approximate surface area is 142 Å². The maximum Gasteiger partial charge on any atom is 0.270 e. The van der Waals surface area contributed by atoms with Crippen LogP contribution in [0.2, 0.25) is 5.02 Å². The second-order valence-electron chi connectivity index (χ2n) is 5.07. The fourth-order valence-corrected chi connectivity index (χ4v) is 2.21. The van der Waals surface area contributed by atoms with Crippen LogP contribution in [0.1, 0.15) is 15.9 Å². The summed E-state index contributed by atoms with van der Waals surface area (Å²) >= 11 is 5.80. The van der Waals surface area contributed by atoms with Crippen molar-refractivity contribution in [3.63, 3.8) is 0 Å². The van der Waals surface area contributed by atoms with Gasteiger partial charge in [-0.2, -0.15) is 0 Å². The summed E-state index contributed by atoms with van der Waals surface area (Å²) in [6.45, 7) is 0. The Morgan fingerprint density at radius 2 is 1.88 bits per heavy atom. The maximum atomic E-state index is 12.2. The molecule has 8 heteroatoms. The Hall–Kier alpha value is -2.93. The van der Waals surface area contributed by atoms with Gasteiger partial charge in [-0.05, 0) is 23.8 Å². The van der Waals surface area contributed by atoms with E-state index in [4.69, 9.17) is 17.3 Å². The standard InChI is InChI=1S/C16H14ClN3O4/c17-12-6-4-10(5-7-12)8-14(15(18)21)19-16(22)11-2-1-3-13(9-11)20(23)24/h1-7,9,14H,8H2,(H2,18,21)(H,19,22)/t14-/m0/s1. The van der Waals surface area contributed by atoms with Crippen molar-refractivity contribution in [2.45, 2.75) is 12.5 Å². The van der Waals surface area contributed by atoms with Gasteiger partial charge in [-0.1, -0.05) is 29.8 Å². The zero-order chi connectivity index (χ0) is 17.7. The highest BCUT2D eigenvalue weighted by atomic mass is 35.5. The molecule has 0 radical (unpaired) electrons. The third-order valence-electron chi connectivity index (χ3n) is 3.32. The maximum absolute atomic E-state index is 12.2. The van der Waals surface area contributed by atoms with Crippen LogP contribution in [0.3, 0.4) is 0 Å². The summed E-state index contributed by atoms with van der Waals surface area (Å²) in [4.78, 5) is 34.0. The quantitative estimate of drug-likeness (QED) is 0.614. The molecule has 0 heterocycles. The molecule has 2 amide bonds. The first-order chi connectivity index (χ1) is 11.4. The molecule has 2 rings (SSSR count). The van der Waals surface area contributed by atoms with Crippen LogP contribution >= 0.6 is 11.6 Å². The van der Waals surface area contributed by atoms with Crippen LogP contribution in [-0.2, 0) is 11.2 Å². The number of primary amides is 1. The third-order valence-corrected chi connectivity index (χ3v) is 3.57. The molecule has 0 spiro atoms. The minimum Gasteiger partial charge on any atom is -0.368 e. The van der Waals surface area contributed by atoms with E-state index in [-0.39, 0.29) is 17.7 Å². The van der Waals surface area contributed by atoms with Gasteiger partial charge in [-0.25, -0.2) is 0 Å². The molecule has 0 aliphatic heterocycles. The molecule has 2 aromatic carbocycles. The predicted molar refractivity (Wildman–Crippen MR) is 88.7 cm³/mol. The highest BCUT2D eigenvalue weighted by Crippen LogP contribution is 2.14. The van der Waals surface area contributed by atoms with E-state index in [9.17, 15) is 19.7 Å². The van der Waals surface area contributed by atoms with Crippen molar-refractivity contribution >= 4 is 29.1 Å². The van der Waals surface area contributed by atoms with Crippen molar-refractivity contribution in [3.8, 4) is 0 Å². The Balaban J connectivity index is 2.13. The fourth-order valence-electron chi connectivity index (χ4n) is 2.08. The number of carbonyl (C=O) groups is 2. The Morgan fingerprint density at radius 1 is 1.21 bits per heavy atom. The van der Waals surface area contributed by atoms with E-state index in [0.29, 0.717) is 5.02 Å². The lowest BCUT2D eigenvalue weighted by Crippen LogP contribution is -2.45. The van der Waals surface area contributed by atoms with E-state index in [2.05, 4.69) is 5.32 Å². The molecule has 0 aliphatic rings. The summed E-state index contributed by atoms with van der Waals surface area (Å²) in [7, 11) is 0. The summed E-state index contributed by atoms with van der Waals surface area (Å²) < 4.78 is 0. The first kappa shape index (κ1) is 17.4. The van der Waals surface area contributed by atoms with Crippen LogP contribution in [0.4, 0.5) is 5.69 Å². The van der Waals surface area contributed by atoms with Crippen LogP contribution in [0, 0.1) is 10.1 Å². The molecule has 0 unspecified atom stereocenters. The number of nitrogens with one attached hydrogen (secondary N) is 1. The molecule has 0 bridgehead atoms. The Bertz CT molecular complexity index is 777. The number of nitro benzene ring substituents is 1. The molecule has 2 aromatic rings. The largest absolute Gasteiger partial charge is 0.368 e. The van der Waals surface area contributed by atoms with Gasteiger partial charge in [0, 0.05) is 29.1 Å². The average Bonchev–Trinajstić information content (AvgIpc) is 2.56. The number of rotatable bonds is 6. The number of hydrogen-bond donors (Lipinski definition) is 2. The fraction of sp³-hybridized carbons (Fsp3) is 0.125. The van der Waals surface area contributed by atoms with Gasteiger partial charge in [0.05, 0.1) is 4.92 Å². The van der Waals surface area contributed by atoms with Gasteiger partial charge in [0.2, 0.25) is 5.91 Å². The first-order valence-corrected chi connectivity index (χ1v) is 7.33. The van der Waals surface area contributed by atoms with Crippen LogP contribution < -0.4 is 11.1 Å². The number of carbonyl (C=O) groups excluding carboxylic acids is 2. The molecule has 0 saturated carbocycles.